The Bertz CT molecular complexity index is 383. The van der Waals surface area contributed by atoms with Crippen LogP contribution in [-0.4, -0.2) is 5.97 Å². The summed E-state index contributed by atoms with van der Waals surface area (Å²) in [6.45, 7) is 2.20. The molecule has 18 heavy (non-hydrogen) atoms. The first-order valence-electron chi connectivity index (χ1n) is 6.04. The fraction of sp³-hybridized carbons (Fsp3) is 0.500. The normalized spacial score (nSPS) is 23.0. The Hall–Kier alpha value is -0.276. The maximum atomic E-state index is 12.6. The van der Waals surface area contributed by atoms with Crippen LogP contribution in [0.1, 0.15) is 32.6 Å². The molecule has 1 saturated carbocycles. The van der Waals surface area contributed by atoms with Crippen LogP contribution in [0.25, 0.3) is 0 Å². The Morgan fingerprint density at radius 1 is 1.33 bits per heavy atom. The molecule has 0 aliphatic heterocycles. The van der Waals surface area contributed by atoms with Gasteiger partial charge in [0.15, 0.2) is 0 Å². The minimum atomic E-state index is -0.448. The van der Waals surface area contributed by atoms with E-state index in [9.17, 15) is 9.18 Å². The molecule has 0 bridgehead atoms. The summed E-state index contributed by atoms with van der Waals surface area (Å²) < 4.78 is 17.8. The van der Waals surface area contributed by atoms with Crippen molar-refractivity contribution in [2.75, 3.05) is 0 Å². The van der Waals surface area contributed by atoms with Crippen LogP contribution < -0.4 is 4.74 Å². The van der Waals surface area contributed by atoms with Crippen molar-refractivity contribution in [1.82, 2.24) is 0 Å². The van der Waals surface area contributed by atoms with Gasteiger partial charge in [0.1, 0.15) is 0 Å². The summed E-state index contributed by atoms with van der Waals surface area (Å²) in [5, 5.41) is 0. The van der Waals surface area contributed by atoms with E-state index >= 15 is 0 Å². The Morgan fingerprint density at radius 3 is 2.56 bits per heavy atom. The van der Waals surface area contributed by atoms with Gasteiger partial charge < -0.3 is 4.74 Å². The Balaban J connectivity index is 0.00000162. The second kappa shape index (κ2) is 7.35. The van der Waals surface area contributed by atoms with E-state index in [-0.39, 0.29) is 44.6 Å². The van der Waals surface area contributed by atoms with Gasteiger partial charge in [0, 0.05) is 11.6 Å². The minimum Gasteiger partial charge on any atom is -0.490 e. The predicted molar refractivity (Wildman–Crippen MR) is 62.0 cm³/mol. The topological polar surface area (TPSA) is 26.3 Å². The van der Waals surface area contributed by atoms with Gasteiger partial charge in [0.2, 0.25) is 0 Å². The molecule has 0 radical (unpaired) electrons. The van der Waals surface area contributed by atoms with Gasteiger partial charge in [-0.3, -0.25) is 4.79 Å². The molecule has 1 aromatic carbocycles. The fourth-order valence-electron chi connectivity index (χ4n) is 2.15. The monoisotopic (exact) mass is 324 g/mol. The number of esters is 1. The first-order chi connectivity index (χ1) is 8.15. The average molecular weight is 324 g/mol. The molecule has 2 nitrogen and oxygen atoms in total. The van der Waals surface area contributed by atoms with Gasteiger partial charge in [-0.15, -0.1) is 24.3 Å². The van der Waals surface area contributed by atoms with Crippen LogP contribution in [0.2, 0.25) is 0 Å². The van der Waals surface area contributed by atoms with E-state index in [4.69, 9.17) is 4.74 Å². The van der Waals surface area contributed by atoms with Crippen molar-refractivity contribution in [3.05, 3.63) is 30.1 Å². The van der Waals surface area contributed by atoms with E-state index < -0.39 is 5.82 Å². The largest absolute Gasteiger partial charge is 3.00 e. The molecule has 1 aliphatic rings. The van der Waals surface area contributed by atoms with E-state index in [1.807, 2.05) is 0 Å². The maximum absolute atomic E-state index is 12.6. The molecule has 92 valence electrons. The second-order valence-electron chi connectivity index (χ2n) is 4.75. The number of carbonyl (C=O) groups excluding carboxylic acids is 1. The molecule has 0 aromatic heterocycles. The summed E-state index contributed by atoms with van der Waals surface area (Å²) in [5.41, 5.74) is 0. The number of carbonyl (C=O) groups is 1. The first kappa shape index (κ1) is 15.8. The zero-order valence-corrected chi connectivity index (χ0v) is 13.3. The van der Waals surface area contributed by atoms with Gasteiger partial charge in [-0.2, -0.15) is 0 Å². The van der Waals surface area contributed by atoms with Crippen molar-refractivity contribution in [1.29, 1.82) is 0 Å². The summed E-state index contributed by atoms with van der Waals surface area (Å²) in [7, 11) is 0. The SMILES string of the molecule is CC1CCC(C(=O)Oc2c[c-]c(F)cc2)CC1.[Y+3]. The molecule has 4 heteroatoms. The molecule has 0 N–H and O–H groups in total. The first-order valence-corrected chi connectivity index (χ1v) is 6.04. The van der Waals surface area contributed by atoms with Crippen LogP contribution >= 0.6 is 0 Å². The number of rotatable bonds is 2. The Labute approximate surface area is 132 Å². The van der Waals surface area contributed by atoms with Crippen molar-refractivity contribution in [3.63, 3.8) is 0 Å². The summed E-state index contributed by atoms with van der Waals surface area (Å²) in [5.74, 6) is 0.428. The fourth-order valence-corrected chi connectivity index (χ4v) is 2.15. The zero-order chi connectivity index (χ0) is 12.3. The summed E-state index contributed by atoms with van der Waals surface area (Å²) in [6.07, 6.45) is 3.94. The number of hydrogen-bond donors (Lipinski definition) is 0. The summed E-state index contributed by atoms with van der Waals surface area (Å²) >= 11 is 0. The van der Waals surface area contributed by atoms with E-state index in [1.54, 1.807) is 0 Å². The summed E-state index contributed by atoms with van der Waals surface area (Å²) in [4.78, 5) is 11.8. The van der Waals surface area contributed by atoms with Gasteiger partial charge in [-0.1, -0.05) is 6.92 Å². The Kier molecular flexibility index (Phi) is 6.44. The number of halogens is 1. The van der Waals surface area contributed by atoms with Crippen molar-refractivity contribution in [3.8, 4) is 5.75 Å². The predicted octanol–water partition coefficient (Wildman–Crippen LogP) is 3.36. The molecular formula is C14H16FO2Y+2. The Morgan fingerprint density at radius 2 is 2.00 bits per heavy atom. The summed E-state index contributed by atoms with van der Waals surface area (Å²) in [6, 6.07) is 6.43. The van der Waals surface area contributed by atoms with Crippen LogP contribution in [0.4, 0.5) is 4.39 Å². The molecule has 0 amide bonds. The van der Waals surface area contributed by atoms with Crippen LogP contribution in [0.15, 0.2) is 18.2 Å². The third-order valence-electron chi connectivity index (χ3n) is 3.31. The van der Waals surface area contributed by atoms with Crippen molar-refractivity contribution in [2.24, 2.45) is 11.8 Å². The van der Waals surface area contributed by atoms with E-state index in [1.165, 1.54) is 18.2 Å². The van der Waals surface area contributed by atoms with Gasteiger partial charge in [0.05, 0.1) is 5.92 Å². The maximum Gasteiger partial charge on any atom is 3.00 e. The number of benzene rings is 1. The van der Waals surface area contributed by atoms with E-state index in [0.29, 0.717) is 11.7 Å². The minimum absolute atomic E-state index is 0. The average Bonchev–Trinajstić information content (AvgIpc) is 2.33. The van der Waals surface area contributed by atoms with Gasteiger partial charge in [-0.05, 0) is 31.6 Å². The third kappa shape index (κ3) is 4.44. The second-order valence-corrected chi connectivity index (χ2v) is 4.75. The molecule has 2 rings (SSSR count). The van der Waals surface area contributed by atoms with Crippen molar-refractivity contribution < 1.29 is 46.6 Å². The van der Waals surface area contributed by atoms with Gasteiger partial charge >= 0.3 is 38.7 Å². The molecule has 0 atom stereocenters. The number of ether oxygens (including phenoxy) is 1. The van der Waals surface area contributed by atoms with E-state index in [0.717, 1.165) is 25.7 Å². The van der Waals surface area contributed by atoms with E-state index in [2.05, 4.69) is 13.0 Å². The van der Waals surface area contributed by atoms with Crippen LogP contribution in [0.5, 0.6) is 5.75 Å². The van der Waals surface area contributed by atoms with Crippen LogP contribution in [-0.2, 0) is 37.5 Å². The molecular weight excluding hydrogens is 308 g/mol. The van der Waals surface area contributed by atoms with Gasteiger partial charge in [0.25, 0.3) is 0 Å². The smallest absolute Gasteiger partial charge is 0.490 e. The molecule has 0 unspecified atom stereocenters. The van der Waals surface area contributed by atoms with Crippen molar-refractivity contribution in [2.45, 2.75) is 32.6 Å². The molecule has 0 spiro atoms. The molecule has 1 aromatic rings. The standard InChI is InChI=1S/C14H16FO2.Y/c1-10-2-4-11(5-3-10)14(16)17-13-8-6-12(15)7-9-13;/h6,8-11H,2-5H2,1H3;/q-1;+3. The number of hydrogen-bond acceptors (Lipinski definition) is 2. The third-order valence-corrected chi connectivity index (χ3v) is 3.31. The van der Waals surface area contributed by atoms with Gasteiger partial charge in [-0.25, -0.2) is 4.39 Å². The molecule has 1 fully saturated rings. The molecule has 1 aliphatic carbocycles. The molecule has 0 saturated heterocycles. The quantitative estimate of drug-likeness (QED) is 0.474. The molecule has 0 heterocycles. The van der Waals surface area contributed by atoms with Crippen LogP contribution in [0.3, 0.4) is 0 Å². The van der Waals surface area contributed by atoms with Crippen LogP contribution in [0, 0.1) is 23.7 Å². The zero-order valence-electron chi connectivity index (χ0n) is 10.5. The van der Waals surface area contributed by atoms with Crippen molar-refractivity contribution >= 4 is 5.97 Å².